The average Bonchev–Trinajstić information content (AvgIpc) is 2.66. The normalized spacial score (nSPS) is 11.5. The first-order chi connectivity index (χ1) is 13.2. The van der Waals surface area contributed by atoms with Gasteiger partial charge in [0.2, 0.25) is 0 Å². The summed E-state index contributed by atoms with van der Waals surface area (Å²) < 4.78 is 10.7. The lowest BCUT2D eigenvalue weighted by molar-refractivity contribution is -0.121. The fourth-order valence-corrected chi connectivity index (χ4v) is 2.57. The standard InChI is InChI=1S/C22H20ClNO4/c1-22(2,3)20(25)15(13-24)11-14-9-10-18(19(12-14)27-4)28-21(26)16-7-5-6-8-17(16)23/h5-12H,1-4H3/b15-11+. The Balaban J connectivity index is 2.33. The van der Waals surface area contributed by atoms with E-state index in [1.54, 1.807) is 57.2 Å². The molecule has 0 amide bonds. The van der Waals surface area contributed by atoms with Crippen molar-refractivity contribution in [3.05, 3.63) is 64.2 Å². The number of hydrogen-bond acceptors (Lipinski definition) is 5. The van der Waals surface area contributed by atoms with Crippen molar-refractivity contribution in [3.63, 3.8) is 0 Å². The second-order valence-corrected chi connectivity index (χ2v) is 7.44. The lowest BCUT2D eigenvalue weighted by Gasteiger charge is -2.15. The van der Waals surface area contributed by atoms with Gasteiger partial charge in [-0.15, -0.1) is 0 Å². The first-order valence-corrected chi connectivity index (χ1v) is 8.86. The van der Waals surface area contributed by atoms with E-state index in [0.717, 1.165) is 0 Å². The van der Waals surface area contributed by atoms with E-state index in [4.69, 9.17) is 21.1 Å². The monoisotopic (exact) mass is 397 g/mol. The van der Waals surface area contributed by atoms with Crippen LogP contribution < -0.4 is 9.47 Å². The van der Waals surface area contributed by atoms with Crippen LogP contribution in [0.3, 0.4) is 0 Å². The summed E-state index contributed by atoms with van der Waals surface area (Å²) in [6.45, 7) is 5.25. The van der Waals surface area contributed by atoms with E-state index in [2.05, 4.69) is 0 Å². The third-order valence-corrected chi connectivity index (χ3v) is 4.17. The summed E-state index contributed by atoms with van der Waals surface area (Å²) in [5, 5.41) is 9.60. The number of halogens is 1. The lowest BCUT2D eigenvalue weighted by Crippen LogP contribution is -2.21. The van der Waals surface area contributed by atoms with Gasteiger partial charge in [0.05, 0.1) is 23.3 Å². The number of rotatable bonds is 5. The zero-order chi connectivity index (χ0) is 20.9. The van der Waals surface area contributed by atoms with Gasteiger partial charge >= 0.3 is 5.97 Å². The number of carbonyl (C=O) groups is 2. The zero-order valence-electron chi connectivity index (χ0n) is 16.1. The number of ether oxygens (including phenoxy) is 2. The average molecular weight is 398 g/mol. The van der Waals surface area contributed by atoms with Crippen LogP contribution in [-0.2, 0) is 4.79 Å². The summed E-state index contributed by atoms with van der Waals surface area (Å²) in [4.78, 5) is 24.7. The van der Waals surface area contributed by atoms with Gasteiger partial charge in [0.15, 0.2) is 17.3 Å². The van der Waals surface area contributed by atoms with Gasteiger partial charge in [-0.1, -0.05) is 50.6 Å². The number of Topliss-reactive ketones (excluding diaryl/α,β-unsaturated/α-hetero) is 1. The summed E-state index contributed by atoms with van der Waals surface area (Å²) in [6.07, 6.45) is 1.48. The lowest BCUT2D eigenvalue weighted by atomic mass is 9.86. The molecule has 0 aliphatic rings. The molecule has 0 spiro atoms. The number of hydrogen-bond donors (Lipinski definition) is 0. The number of nitrogens with zero attached hydrogens (tertiary/aromatic N) is 1. The molecule has 0 heterocycles. The number of carbonyl (C=O) groups excluding carboxylic acids is 2. The molecular formula is C22H20ClNO4. The SMILES string of the molecule is COc1cc(/C=C(\C#N)C(=O)C(C)(C)C)ccc1OC(=O)c1ccccc1Cl. The van der Waals surface area contributed by atoms with Crippen molar-refractivity contribution >= 4 is 29.4 Å². The topological polar surface area (TPSA) is 76.4 Å². The van der Waals surface area contributed by atoms with E-state index in [1.807, 2.05) is 6.07 Å². The quantitative estimate of drug-likeness (QED) is 0.304. The van der Waals surface area contributed by atoms with Gasteiger partial charge in [-0.2, -0.15) is 5.26 Å². The highest BCUT2D eigenvalue weighted by Crippen LogP contribution is 2.31. The second kappa shape index (κ2) is 8.73. The van der Waals surface area contributed by atoms with Crippen LogP contribution in [0.1, 0.15) is 36.7 Å². The van der Waals surface area contributed by atoms with Gasteiger partial charge in [-0.3, -0.25) is 4.79 Å². The largest absolute Gasteiger partial charge is 0.493 e. The van der Waals surface area contributed by atoms with Crippen LogP contribution in [0.5, 0.6) is 11.5 Å². The number of nitriles is 1. The zero-order valence-corrected chi connectivity index (χ0v) is 16.8. The Bertz CT molecular complexity index is 981. The Morgan fingerprint density at radius 3 is 2.36 bits per heavy atom. The molecule has 0 saturated heterocycles. The van der Waals surface area contributed by atoms with Crippen LogP contribution in [0.15, 0.2) is 48.0 Å². The maximum absolute atomic E-state index is 12.4. The molecule has 0 fully saturated rings. The van der Waals surface area contributed by atoms with Crippen LogP contribution in [-0.4, -0.2) is 18.9 Å². The number of ketones is 1. The second-order valence-electron chi connectivity index (χ2n) is 7.03. The van der Waals surface area contributed by atoms with Gasteiger partial charge in [0, 0.05) is 5.41 Å². The highest BCUT2D eigenvalue weighted by atomic mass is 35.5. The molecule has 0 atom stereocenters. The molecule has 28 heavy (non-hydrogen) atoms. The summed E-state index contributed by atoms with van der Waals surface area (Å²) >= 11 is 6.02. The van der Waals surface area contributed by atoms with Gasteiger partial charge in [0.25, 0.3) is 0 Å². The van der Waals surface area contributed by atoms with Crippen molar-refractivity contribution in [1.82, 2.24) is 0 Å². The summed E-state index contributed by atoms with van der Waals surface area (Å²) in [6, 6.07) is 13.2. The fourth-order valence-electron chi connectivity index (χ4n) is 2.36. The third-order valence-electron chi connectivity index (χ3n) is 3.84. The predicted molar refractivity (Wildman–Crippen MR) is 107 cm³/mol. The molecular weight excluding hydrogens is 378 g/mol. The number of methoxy groups -OCH3 is 1. The van der Waals surface area contributed by atoms with Crippen molar-refractivity contribution < 1.29 is 19.1 Å². The van der Waals surface area contributed by atoms with Crippen molar-refractivity contribution in [2.75, 3.05) is 7.11 Å². The van der Waals surface area contributed by atoms with Gasteiger partial charge in [0.1, 0.15) is 6.07 Å². The van der Waals surface area contributed by atoms with Crippen LogP contribution in [0.25, 0.3) is 6.08 Å². The molecule has 5 nitrogen and oxygen atoms in total. The van der Waals surface area contributed by atoms with Crippen LogP contribution in [0, 0.1) is 16.7 Å². The van der Waals surface area contributed by atoms with E-state index in [1.165, 1.54) is 19.3 Å². The highest BCUT2D eigenvalue weighted by Gasteiger charge is 2.25. The summed E-state index contributed by atoms with van der Waals surface area (Å²) in [7, 11) is 1.43. The highest BCUT2D eigenvalue weighted by molar-refractivity contribution is 6.33. The minimum atomic E-state index is -0.671. The smallest absolute Gasteiger partial charge is 0.345 e. The van der Waals surface area contributed by atoms with E-state index >= 15 is 0 Å². The number of esters is 1. The molecule has 0 bridgehead atoms. The Kier molecular flexibility index (Phi) is 6.61. The van der Waals surface area contributed by atoms with Crippen molar-refractivity contribution in [1.29, 1.82) is 5.26 Å². The van der Waals surface area contributed by atoms with Crippen molar-refractivity contribution in [3.8, 4) is 17.6 Å². The van der Waals surface area contributed by atoms with Crippen LogP contribution in [0.2, 0.25) is 5.02 Å². The molecule has 0 radical (unpaired) electrons. The first-order valence-electron chi connectivity index (χ1n) is 8.48. The Hall–Kier alpha value is -3.10. The molecule has 0 aliphatic heterocycles. The summed E-state index contributed by atoms with van der Waals surface area (Å²) in [5.74, 6) is -0.393. The number of benzene rings is 2. The molecule has 0 N–H and O–H groups in total. The maximum atomic E-state index is 12.4. The van der Waals surface area contributed by atoms with Crippen molar-refractivity contribution in [2.45, 2.75) is 20.8 Å². The van der Waals surface area contributed by atoms with E-state index in [-0.39, 0.29) is 33.4 Å². The van der Waals surface area contributed by atoms with Gasteiger partial charge in [-0.25, -0.2) is 4.79 Å². The minimum Gasteiger partial charge on any atom is -0.493 e. The molecule has 0 saturated carbocycles. The third kappa shape index (κ3) is 4.99. The molecule has 0 unspecified atom stereocenters. The van der Waals surface area contributed by atoms with E-state index in [9.17, 15) is 14.9 Å². The van der Waals surface area contributed by atoms with Crippen molar-refractivity contribution in [2.24, 2.45) is 5.41 Å². The molecule has 144 valence electrons. The fraction of sp³-hybridized carbons (Fsp3) is 0.227. The maximum Gasteiger partial charge on any atom is 0.345 e. The van der Waals surface area contributed by atoms with E-state index < -0.39 is 11.4 Å². The Morgan fingerprint density at radius 1 is 1.11 bits per heavy atom. The van der Waals surface area contributed by atoms with Crippen LogP contribution >= 0.6 is 11.6 Å². The van der Waals surface area contributed by atoms with Gasteiger partial charge in [-0.05, 0) is 35.9 Å². The molecule has 6 heteroatoms. The molecule has 0 aliphatic carbocycles. The molecule has 2 rings (SSSR count). The Morgan fingerprint density at radius 2 is 1.79 bits per heavy atom. The van der Waals surface area contributed by atoms with E-state index in [0.29, 0.717) is 5.56 Å². The predicted octanol–water partition coefficient (Wildman–Crippen LogP) is 5.09. The van der Waals surface area contributed by atoms with Crippen LogP contribution in [0.4, 0.5) is 0 Å². The Labute approximate surface area is 169 Å². The van der Waals surface area contributed by atoms with Gasteiger partial charge < -0.3 is 9.47 Å². The minimum absolute atomic E-state index is 0.0374. The molecule has 0 aromatic heterocycles. The number of allylic oxidation sites excluding steroid dienone is 1. The summed E-state index contributed by atoms with van der Waals surface area (Å²) in [5.41, 5.74) is 0.174. The molecule has 2 aromatic carbocycles. The first kappa shape index (κ1) is 21.2. The molecule has 2 aromatic rings.